The number of benzene rings is 2. The number of ether oxygens (including phenoxy) is 1. The highest BCUT2D eigenvalue weighted by Gasteiger charge is 1.99. The zero-order valence-electron chi connectivity index (χ0n) is 13.2. The van der Waals surface area contributed by atoms with E-state index in [1.54, 1.807) is 7.11 Å². The fourth-order valence-electron chi connectivity index (χ4n) is 1.96. The third-order valence-electron chi connectivity index (χ3n) is 3.17. The second-order valence-electron chi connectivity index (χ2n) is 5.03. The predicted octanol–water partition coefficient (Wildman–Crippen LogP) is 4.30. The average Bonchev–Trinajstić information content (AvgIpc) is 2.59. The van der Waals surface area contributed by atoms with Gasteiger partial charge in [-0.1, -0.05) is 30.3 Å². The maximum absolute atomic E-state index is 5.27. The van der Waals surface area contributed by atoms with Gasteiger partial charge in [-0.05, 0) is 48.5 Å². The van der Waals surface area contributed by atoms with Crippen LogP contribution in [0.25, 0.3) is 0 Å². The van der Waals surface area contributed by atoms with Crippen molar-refractivity contribution in [2.45, 2.75) is 17.1 Å². The molecule has 0 unspecified atom stereocenters. The van der Waals surface area contributed by atoms with Crippen LogP contribution in [0.2, 0.25) is 0 Å². The molecule has 0 aliphatic rings. The van der Waals surface area contributed by atoms with Crippen LogP contribution in [0, 0.1) is 0 Å². The van der Waals surface area contributed by atoms with Gasteiger partial charge >= 0.3 is 0 Å². The van der Waals surface area contributed by atoms with Gasteiger partial charge in [0.05, 0.1) is 0 Å². The minimum atomic E-state index is 0.646. The predicted molar refractivity (Wildman–Crippen MR) is 103 cm³/mol. The van der Waals surface area contributed by atoms with Gasteiger partial charge in [0.15, 0.2) is 5.11 Å². The summed E-state index contributed by atoms with van der Waals surface area (Å²) in [6.07, 6.45) is 0.938. The standard InChI is InChI=1S/C18H22N2OS2/c1-21-13-5-12-19-18(22)20-16-10-8-15(9-11-16)14-23-17-6-3-2-4-7-17/h2-4,6-11H,5,12-14H2,1H3,(H2,19,20,22). The van der Waals surface area contributed by atoms with Gasteiger partial charge in [-0.3, -0.25) is 0 Å². The van der Waals surface area contributed by atoms with Gasteiger partial charge in [-0.2, -0.15) is 0 Å². The van der Waals surface area contributed by atoms with Crippen molar-refractivity contribution in [3.63, 3.8) is 0 Å². The van der Waals surface area contributed by atoms with Crippen LogP contribution < -0.4 is 10.6 Å². The largest absolute Gasteiger partial charge is 0.385 e. The molecule has 122 valence electrons. The summed E-state index contributed by atoms with van der Waals surface area (Å²) in [6, 6.07) is 18.8. The smallest absolute Gasteiger partial charge is 0.170 e. The molecule has 2 aromatic rings. The molecule has 2 aromatic carbocycles. The maximum Gasteiger partial charge on any atom is 0.170 e. The van der Waals surface area contributed by atoms with Crippen LogP contribution in [0.5, 0.6) is 0 Å². The normalized spacial score (nSPS) is 10.3. The highest BCUT2D eigenvalue weighted by molar-refractivity contribution is 7.98. The number of anilines is 1. The number of nitrogens with one attached hydrogen (secondary N) is 2. The molecular weight excluding hydrogens is 324 g/mol. The molecule has 3 nitrogen and oxygen atoms in total. The number of thioether (sulfide) groups is 1. The van der Waals surface area contributed by atoms with E-state index in [9.17, 15) is 0 Å². The van der Waals surface area contributed by atoms with Crippen molar-refractivity contribution in [2.24, 2.45) is 0 Å². The van der Waals surface area contributed by atoms with E-state index in [-0.39, 0.29) is 0 Å². The van der Waals surface area contributed by atoms with Crippen molar-refractivity contribution >= 4 is 34.8 Å². The molecule has 5 heteroatoms. The van der Waals surface area contributed by atoms with E-state index < -0.39 is 0 Å². The minimum Gasteiger partial charge on any atom is -0.385 e. The lowest BCUT2D eigenvalue weighted by molar-refractivity contribution is 0.196. The third kappa shape index (κ3) is 7.03. The molecule has 0 aliphatic heterocycles. The SMILES string of the molecule is COCCCNC(=S)Nc1ccc(CSc2ccccc2)cc1. The summed E-state index contributed by atoms with van der Waals surface area (Å²) in [5.74, 6) is 0.962. The second-order valence-corrected chi connectivity index (χ2v) is 6.48. The molecule has 0 heterocycles. The van der Waals surface area contributed by atoms with Crippen LogP contribution in [0.4, 0.5) is 5.69 Å². The first-order valence-corrected chi connectivity index (χ1v) is 8.98. The molecule has 0 atom stereocenters. The number of rotatable bonds is 8. The van der Waals surface area contributed by atoms with Crippen molar-refractivity contribution in [3.05, 3.63) is 60.2 Å². The summed E-state index contributed by atoms with van der Waals surface area (Å²) >= 11 is 7.11. The van der Waals surface area contributed by atoms with E-state index in [4.69, 9.17) is 17.0 Å². The summed E-state index contributed by atoms with van der Waals surface area (Å²) in [5, 5.41) is 7.00. The molecule has 0 radical (unpaired) electrons. The van der Waals surface area contributed by atoms with Crippen LogP contribution in [-0.2, 0) is 10.5 Å². The van der Waals surface area contributed by atoms with Crippen LogP contribution in [-0.4, -0.2) is 25.4 Å². The van der Waals surface area contributed by atoms with Gasteiger partial charge in [-0.25, -0.2) is 0 Å². The Kier molecular flexibility index (Phi) is 7.93. The highest BCUT2D eigenvalue weighted by Crippen LogP contribution is 2.23. The fraction of sp³-hybridized carbons (Fsp3) is 0.278. The Hall–Kier alpha value is -1.56. The van der Waals surface area contributed by atoms with E-state index in [0.717, 1.165) is 31.0 Å². The Labute approximate surface area is 147 Å². The Morgan fingerprint density at radius 2 is 1.83 bits per heavy atom. The quantitative estimate of drug-likeness (QED) is 0.423. The Bertz CT molecular complexity index is 588. The summed E-state index contributed by atoms with van der Waals surface area (Å²) in [5.41, 5.74) is 2.30. The topological polar surface area (TPSA) is 33.3 Å². The Morgan fingerprint density at radius 3 is 2.52 bits per heavy atom. The molecule has 0 saturated heterocycles. The molecule has 0 spiro atoms. The number of hydrogen-bond acceptors (Lipinski definition) is 3. The fourth-order valence-corrected chi connectivity index (χ4v) is 3.06. The molecule has 0 amide bonds. The summed E-state index contributed by atoms with van der Waals surface area (Å²) < 4.78 is 5.00. The van der Waals surface area contributed by atoms with E-state index in [0.29, 0.717) is 5.11 Å². The molecule has 0 fully saturated rings. The van der Waals surface area contributed by atoms with Crippen molar-refractivity contribution in [3.8, 4) is 0 Å². The van der Waals surface area contributed by atoms with Crippen LogP contribution in [0.15, 0.2) is 59.5 Å². The lowest BCUT2D eigenvalue weighted by Gasteiger charge is -2.11. The first kappa shape index (κ1) is 17.8. The zero-order chi connectivity index (χ0) is 16.3. The molecule has 2 rings (SSSR count). The third-order valence-corrected chi connectivity index (χ3v) is 4.50. The maximum atomic E-state index is 5.27. The minimum absolute atomic E-state index is 0.646. The van der Waals surface area contributed by atoms with Gasteiger partial charge in [0, 0.05) is 36.6 Å². The van der Waals surface area contributed by atoms with E-state index in [1.165, 1.54) is 10.5 Å². The second kappa shape index (κ2) is 10.3. The van der Waals surface area contributed by atoms with Crippen molar-refractivity contribution in [1.29, 1.82) is 0 Å². The van der Waals surface area contributed by atoms with E-state index >= 15 is 0 Å². The first-order chi connectivity index (χ1) is 11.3. The summed E-state index contributed by atoms with van der Waals surface area (Å²) in [7, 11) is 1.70. The molecular formula is C18H22N2OS2. The molecule has 0 saturated carbocycles. The Morgan fingerprint density at radius 1 is 1.09 bits per heavy atom. The van der Waals surface area contributed by atoms with Gasteiger partial charge in [-0.15, -0.1) is 11.8 Å². The lowest BCUT2D eigenvalue weighted by atomic mass is 10.2. The van der Waals surface area contributed by atoms with Crippen molar-refractivity contribution in [2.75, 3.05) is 25.6 Å². The monoisotopic (exact) mass is 346 g/mol. The number of methoxy groups -OCH3 is 1. The average molecular weight is 347 g/mol. The van der Waals surface area contributed by atoms with Crippen molar-refractivity contribution in [1.82, 2.24) is 5.32 Å². The van der Waals surface area contributed by atoms with Gasteiger partial charge < -0.3 is 15.4 Å². The molecule has 0 aromatic heterocycles. The number of thiocarbonyl (C=S) groups is 1. The van der Waals surface area contributed by atoms with E-state index in [2.05, 4.69) is 59.2 Å². The lowest BCUT2D eigenvalue weighted by Crippen LogP contribution is -2.29. The molecule has 0 aliphatic carbocycles. The van der Waals surface area contributed by atoms with Crippen LogP contribution >= 0.6 is 24.0 Å². The molecule has 0 bridgehead atoms. The molecule has 23 heavy (non-hydrogen) atoms. The van der Waals surface area contributed by atoms with Gasteiger partial charge in [0.25, 0.3) is 0 Å². The number of hydrogen-bond donors (Lipinski definition) is 2. The van der Waals surface area contributed by atoms with Gasteiger partial charge in [0.2, 0.25) is 0 Å². The summed E-state index contributed by atoms with van der Waals surface area (Å²) in [6.45, 7) is 1.55. The first-order valence-electron chi connectivity index (χ1n) is 7.58. The molecule has 2 N–H and O–H groups in total. The zero-order valence-corrected chi connectivity index (χ0v) is 14.9. The Balaban J connectivity index is 1.74. The van der Waals surface area contributed by atoms with E-state index in [1.807, 2.05) is 17.8 Å². The van der Waals surface area contributed by atoms with Crippen molar-refractivity contribution < 1.29 is 4.74 Å². The summed E-state index contributed by atoms with van der Waals surface area (Å²) in [4.78, 5) is 1.29. The van der Waals surface area contributed by atoms with Crippen LogP contribution in [0.1, 0.15) is 12.0 Å². The van der Waals surface area contributed by atoms with Gasteiger partial charge in [0.1, 0.15) is 0 Å². The van der Waals surface area contributed by atoms with Crippen LogP contribution in [0.3, 0.4) is 0 Å². The highest BCUT2D eigenvalue weighted by atomic mass is 32.2.